The fraction of sp³-hybridized carbons (Fsp3) is 0.0714. The van der Waals surface area contributed by atoms with Crippen LogP contribution in [-0.2, 0) is 6.61 Å². The fourth-order valence-corrected chi connectivity index (χ4v) is 1.90. The second kappa shape index (κ2) is 5.89. The second-order valence-corrected chi connectivity index (χ2v) is 4.44. The van der Waals surface area contributed by atoms with Crippen molar-refractivity contribution in [2.45, 2.75) is 6.61 Å². The Morgan fingerprint density at radius 2 is 1.83 bits per heavy atom. The Hall–Kier alpha value is -1.51. The zero-order valence-electron chi connectivity index (χ0n) is 9.40. The maximum absolute atomic E-state index is 10.8. The zero-order chi connectivity index (χ0) is 13.0. The van der Waals surface area contributed by atoms with E-state index in [4.69, 9.17) is 27.9 Å². The Labute approximate surface area is 115 Å². The molecule has 0 aliphatic carbocycles. The second-order valence-electron chi connectivity index (χ2n) is 3.66. The van der Waals surface area contributed by atoms with Crippen LogP contribution in [0.2, 0.25) is 10.0 Å². The van der Waals surface area contributed by atoms with Crippen molar-refractivity contribution in [3.05, 3.63) is 63.6 Å². The van der Waals surface area contributed by atoms with Crippen LogP contribution in [0.25, 0.3) is 0 Å². The summed E-state index contributed by atoms with van der Waals surface area (Å²) in [5, 5.41) is 0.962. The number of rotatable bonds is 4. The summed E-state index contributed by atoms with van der Waals surface area (Å²) in [5.74, 6) is 0.531. The Morgan fingerprint density at radius 3 is 2.61 bits per heavy atom. The van der Waals surface area contributed by atoms with Gasteiger partial charge in [0.1, 0.15) is 12.4 Å². The van der Waals surface area contributed by atoms with Gasteiger partial charge in [0.25, 0.3) is 0 Å². The Balaban J connectivity index is 2.16. The monoisotopic (exact) mass is 280 g/mol. The van der Waals surface area contributed by atoms with Crippen LogP contribution < -0.4 is 4.74 Å². The summed E-state index contributed by atoms with van der Waals surface area (Å²) in [6.45, 7) is 0.268. The third-order valence-electron chi connectivity index (χ3n) is 2.46. The molecule has 0 spiro atoms. The Bertz CT molecular complexity index is 567. The molecule has 0 saturated heterocycles. The van der Waals surface area contributed by atoms with E-state index in [9.17, 15) is 4.79 Å². The van der Waals surface area contributed by atoms with Crippen LogP contribution in [0, 0.1) is 0 Å². The Kier molecular flexibility index (Phi) is 4.24. The third-order valence-corrected chi connectivity index (χ3v) is 3.32. The first-order chi connectivity index (χ1) is 8.72. The molecule has 0 fully saturated rings. The van der Waals surface area contributed by atoms with Crippen molar-refractivity contribution in [2.24, 2.45) is 0 Å². The van der Waals surface area contributed by atoms with E-state index in [0.29, 0.717) is 21.4 Å². The molecule has 0 bridgehead atoms. The third kappa shape index (κ3) is 2.84. The Morgan fingerprint density at radius 1 is 1.06 bits per heavy atom. The number of carbonyl (C=O) groups excluding carboxylic acids is 1. The van der Waals surface area contributed by atoms with E-state index >= 15 is 0 Å². The molecule has 2 aromatic carbocycles. The highest BCUT2D eigenvalue weighted by molar-refractivity contribution is 6.42. The summed E-state index contributed by atoms with van der Waals surface area (Å²) in [6.07, 6.45) is 0.759. The average molecular weight is 281 g/mol. The van der Waals surface area contributed by atoms with E-state index in [1.165, 1.54) is 0 Å². The van der Waals surface area contributed by atoms with Gasteiger partial charge < -0.3 is 4.74 Å². The molecule has 0 atom stereocenters. The van der Waals surface area contributed by atoms with Gasteiger partial charge in [0, 0.05) is 5.56 Å². The van der Waals surface area contributed by atoms with Crippen LogP contribution in [0.15, 0.2) is 42.5 Å². The first-order valence-electron chi connectivity index (χ1n) is 5.32. The number of hydrogen-bond acceptors (Lipinski definition) is 2. The SMILES string of the molecule is O=Cc1ccccc1OCc1cccc(Cl)c1Cl. The molecular weight excluding hydrogens is 271 g/mol. The van der Waals surface area contributed by atoms with Crippen molar-refractivity contribution in [3.63, 3.8) is 0 Å². The predicted octanol–water partition coefficient (Wildman–Crippen LogP) is 4.38. The van der Waals surface area contributed by atoms with Crippen LogP contribution in [-0.4, -0.2) is 6.29 Å². The molecule has 0 aromatic heterocycles. The van der Waals surface area contributed by atoms with E-state index in [2.05, 4.69) is 0 Å². The molecule has 0 unspecified atom stereocenters. The van der Waals surface area contributed by atoms with Crippen molar-refractivity contribution in [3.8, 4) is 5.75 Å². The van der Waals surface area contributed by atoms with Crippen molar-refractivity contribution in [1.82, 2.24) is 0 Å². The molecule has 2 rings (SSSR count). The number of ether oxygens (including phenoxy) is 1. The van der Waals surface area contributed by atoms with Crippen molar-refractivity contribution in [2.75, 3.05) is 0 Å². The number of aldehydes is 1. The highest BCUT2D eigenvalue weighted by atomic mass is 35.5. The van der Waals surface area contributed by atoms with E-state index in [1.807, 2.05) is 12.1 Å². The fourth-order valence-electron chi connectivity index (χ4n) is 1.52. The van der Waals surface area contributed by atoms with Gasteiger partial charge in [-0.1, -0.05) is 47.5 Å². The van der Waals surface area contributed by atoms with Gasteiger partial charge in [0.15, 0.2) is 6.29 Å². The number of carbonyl (C=O) groups is 1. The van der Waals surface area contributed by atoms with Gasteiger partial charge in [0.05, 0.1) is 15.6 Å². The normalized spacial score (nSPS) is 10.1. The molecule has 18 heavy (non-hydrogen) atoms. The molecule has 4 heteroatoms. The number of para-hydroxylation sites is 1. The number of benzene rings is 2. The van der Waals surface area contributed by atoms with Gasteiger partial charge in [-0.05, 0) is 18.2 Å². The van der Waals surface area contributed by atoms with Crippen LogP contribution >= 0.6 is 23.2 Å². The molecule has 0 amide bonds. The molecule has 0 saturated carbocycles. The first kappa shape index (κ1) is 12.9. The zero-order valence-corrected chi connectivity index (χ0v) is 10.9. The molecule has 0 aliphatic heterocycles. The summed E-state index contributed by atoms with van der Waals surface area (Å²) in [5.41, 5.74) is 1.29. The molecule has 0 aliphatic rings. The number of hydrogen-bond donors (Lipinski definition) is 0. The van der Waals surface area contributed by atoms with E-state index in [-0.39, 0.29) is 6.61 Å². The van der Waals surface area contributed by atoms with Gasteiger partial charge in [-0.3, -0.25) is 4.79 Å². The molecule has 0 radical (unpaired) electrons. The molecule has 92 valence electrons. The standard InChI is InChI=1S/C14H10Cl2O2/c15-12-6-3-5-11(14(12)16)9-18-13-7-2-1-4-10(13)8-17/h1-8H,9H2. The maximum Gasteiger partial charge on any atom is 0.153 e. The minimum Gasteiger partial charge on any atom is -0.488 e. The van der Waals surface area contributed by atoms with Gasteiger partial charge in [-0.15, -0.1) is 0 Å². The topological polar surface area (TPSA) is 26.3 Å². The summed E-state index contributed by atoms with van der Waals surface area (Å²) in [4.78, 5) is 10.8. The summed E-state index contributed by atoms with van der Waals surface area (Å²) in [6, 6.07) is 12.4. The van der Waals surface area contributed by atoms with Crippen molar-refractivity contribution < 1.29 is 9.53 Å². The predicted molar refractivity (Wildman–Crippen MR) is 72.6 cm³/mol. The van der Waals surface area contributed by atoms with Crippen LogP contribution in [0.3, 0.4) is 0 Å². The molecular formula is C14H10Cl2O2. The van der Waals surface area contributed by atoms with E-state index in [0.717, 1.165) is 11.8 Å². The van der Waals surface area contributed by atoms with Gasteiger partial charge in [-0.2, -0.15) is 0 Å². The molecule has 0 heterocycles. The van der Waals surface area contributed by atoms with Crippen LogP contribution in [0.4, 0.5) is 0 Å². The van der Waals surface area contributed by atoms with Gasteiger partial charge in [-0.25, -0.2) is 0 Å². The largest absolute Gasteiger partial charge is 0.488 e. The smallest absolute Gasteiger partial charge is 0.153 e. The van der Waals surface area contributed by atoms with E-state index in [1.54, 1.807) is 30.3 Å². The first-order valence-corrected chi connectivity index (χ1v) is 6.08. The highest BCUT2D eigenvalue weighted by Gasteiger charge is 2.06. The number of halogens is 2. The lowest BCUT2D eigenvalue weighted by molar-refractivity contribution is 0.111. The van der Waals surface area contributed by atoms with Gasteiger partial charge in [0.2, 0.25) is 0 Å². The molecule has 2 nitrogen and oxygen atoms in total. The minimum absolute atomic E-state index is 0.268. The lowest BCUT2D eigenvalue weighted by atomic mass is 10.2. The van der Waals surface area contributed by atoms with Crippen molar-refractivity contribution >= 4 is 29.5 Å². The minimum atomic E-state index is 0.268. The maximum atomic E-state index is 10.8. The molecule has 2 aromatic rings. The highest BCUT2D eigenvalue weighted by Crippen LogP contribution is 2.27. The summed E-state index contributed by atoms with van der Waals surface area (Å²) < 4.78 is 5.58. The summed E-state index contributed by atoms with van der Waals surface area (Å²) in [7, 11) is 0. The van der Waals surface area contributed by atoms with Gasteiger partial charge >= 0.3 is 0 Å². The average Bonchev–Trinajstić information content (AvgIpc) is 2.41. The lowest BCUT2D eigenvalue weighted by Crippen LogP contribution is -1.98. The van der Waals surface area contributed by atoms with E-state index < -0.39 is 0 Å². The summed E-state index contributed by atoms with van der Waals surface area (Å²) >= 11 is 12.0. The lowest BCUT2D eigenvalue weighted by Gasteiger charge is -2.10. The van der Waals surface area contributed by atoms with Crippen LogP contribution in [0.5, 0.6) is 5.75 Å². The van der Waals surface area contributed by atoms with Crippen molar-refractivity contribution in [1.29, 1.82) is 0 Å². The quantitative estimate of drug-likeness (QED) is 0.777. The van der Waals surface area contributed by atoms with Crippen LogP contribution in [0.1, 0.15) is 15.9 Å². The molecule has 0 N–H and O–H groups in total.